The van der Waals surface area contributed by atoms with E-state index in [4.69, 9.17) is 11.5 Å². The van der Waals surface area contributed by atoms with E-state index in [0.29, 0.717) is 16.5 Å². The monoisotopic (exact) mass is 392 g/mol. The predicted molar refractivity (Wildman–Crippen MR) is 114 cm³/mol. The van der Waals surface area contributed by atoms with Crippen LogP contribution in [0.1, 0.15) is 10.4 Å². The Hall–Kier alpha value is -3.64. The first-order chi connectivity index (χ1) is 13.1. The van der Waals surface area contributed by atoms with Crippen LogP contribution in [0.5, 0.6) is 0 Å². The Morgan fingerprint density at radius 2 is 1.43 bits per heavy atom. The summed E-state index contributed by atoms with van der Waals surface area (Å²) < 4.78 is 1.47. The molecule has 0 spiro atoms. The number of amides is 1. The first-order valence-electron chi connectivity index (χ1n) is 8.33. The topological polar surface area (TPSA) is 103 Å². The lowest BCUT2D eigenvalue weighted by atomic mass is 10.1. The Bertz CT molecular complexity index is 1290. The molecule has 1 aromatic heterocycles. The molecule has 0 unspecified atom stereocenters. The Balaban J connectivity index is 0.00000225. The van der Waals surface area contributed by atoms with Gasteiger partial charge in [-0.05, 0) is 17.5 Å². The second-order valence-electron chi connectivity index (χ2n) is 6.10. The molecular weight excluding hydrogens is 376 g/mol. The van der Waals surface area contributed by atoms with Gasteiger partial charge in [0.05, 0.1) is 11.3 Å². The fraction of sp³-hybridized carbons (Fsp3) is 0. The highest BCUT2D eigenvalue weighted by atomic mass is 35.5. The molecule has 0 fully saturated rings. The van der Waals surface area contributed by atoms with E-state index in [1.165, 1.54) is 10.8 Å². The normalized spacial score (nSPS) is 10.4. The van der Waals surface area contributed by atoms with Crippen molar-refractivity contribution in [2.45, 2.75) is 0 Å². The molecule has 0 atom stereocenters. The lowest BCUT2D eigenvalue weighted by Gasteiger charge is -2.13. The lowest BCUT2D eigenvalue weighted by molar-refractivity contribution is 0.100. The number of hydrogen-bond donors (Lipinski definition) is 2. The van der Waals surface area contributed by atoms with Crippen LogP contribution >= 0.6 is 12.4 Å². The van der Waals surface area contributed by atoms with E-state index >= 15 is 0 Å². The van der Waals surface area contributed by atoms with E-state index in [1.807, 2.05) is 42.5 Å². The van der Waals surface area contributed by atoms with E-state index in [2.05, 4.69) is 4.99 Å². The third kappa shape index (κ3) is 3.21. The highest BCUT2D eigenvalue weighted by Crippen LogP contribution is 2.24. The molecule has 0 aliphatic carbocycles. The molecule has 0 radical (unpaired) electrons. The molecule has 4 aromatic rings. The third-order valence-electron chi connectivity index (χ3n) is 4.41. The average molecular weight is 393 g/mol. The van der Waals surface area contributed by atoms with Crippen LogP contribution < -0.4 is 17.0 Å². The van der Waals surface area contributed by atoms with Crippen molar-refractivity contribution in [2.24, 2.45) is 16.5 Å². The molecule has 7 heteroatoms. The highest BCUT2D eigenvalue weighted by Gasteiger charge is 2.16. The van der Waals surface area contributed by atoms with Crippen molar-refractivity contribution in [1.82, 2.24) is 4.57 Å². The minimum atomic E-state index is -0.597. The van der Waals surface area contributed by atoms with E-state index < -0.39 is 5.91 Å². The smallest absolute Gasteiger partial charge is 0.282 e. The lowest BCUT2D eigenvalue weighted by Crippen LogP contribution is -2.25. The molecule has 6 nitrogen and oxygen atoms in total. The molecule has 1 heterocycles. The van der Waals surface area contributed by atoms with Crippen molar-refractivity contribution in [3.8, 4) is 5.69 Å². The molecule has 4 N–H and O–H groups in total. The number of carbonyl (C=O) groups is 1. The molecule has 0 bridgehead atoms. The van der Waals surface area contributed by atoms with Crippen molar-refractivity contribution in [2.75, 3.05) is 0 Å². The van der Waals surface area contributed by atoms with Gasteiger partial charge >= 0.3 is 0 Å². The van der Waals surface area contributed by atoms with Gasteiger partial charge in [-0.15, -0.1) is 12.4 Å². The number of fused-ring (bicyclic) bond motifs is 2. The number of benzene rings is 3. The van der Waals surface area contributed by atoms with Crippen LogP contribution in [-0.2, 0) is 0 Å². The standard InChI is InChI=1S/C21H16N4O2.ClH/c22-21(23)24-19(26)17-12-25(20(27)16-10-4-3-9-15(16)17)18-11-5-7-13-6-1-2-8-14(13)18;/h1-12H,(H4,22,23,24,26);1H. The van der Waals surface area contributed by atoms with Gasteiger partial charge in [0.25, 0.3) is 11.5 Å². The summed E-state index contributed by atoms with van der Waals surface area (Å²) in [5, 5.41) is 2.82. The van der Waals surface area contributed by atoms with E-state index in [-0.39, 0.29) is 29.5 Å². The summed E-state index contributed by atoms with van der Waals surface area (Å²) in [6.07, 6.45) is 1.50. The number of nitrogens with two attached hydrogens (primary N) is 2. The maximum absolute atomic E-state index is 13.1. The fourth-order valence-corrected chi connectivity index (χ4v) is 3.24. The third-order valence-corrected chi connectivity index (χ3v) is 4.41. The van der Waals surface area contributed by atoms with Crippen LogP contribution in [0.3, 0.4) is 0 Å². The Morgan fingerprint density at radius 3 is 2.14 bits per heavy atom. The van der Waals surface area contributed by atoms with Gasteiger partial charge in [0.2, 0.25) is 0 Å². The summed E-state index contributed by atoms with van der Waals surface area (Å²) in [5.74, 6) is -0.924. The predicted octanol–water partition coefficient (Wildman–Crippen LogP) is 2.98. The van der Waals surface area contributed by atoms with Crippen molar-refractivity contribution in [1.29, 1.82) is 0 Å². The summed E-state index contributed by atoms with van der Waals surface area (Å²) in [6, 6.07) is 20.3. The largest absolute Gasteiger partial charge is 0.370 e. The van der Waals surface area contributed by atoms with Crippen molar-refractivity contribution < 1.29 is 4.79 Å². The van der Waals surface area contributed by atoms with Crippen molar-refractivity contribution >= 4 is 45.8 Å². The average Bonchev–Trinajstić information content (AvgIpc) is 2.67. The Kier molecular flexibility index (Phi) is 5.15. The van der Waals surface area contributed by atoms with Gasteiger partial charge in [0.1, 0.15) is 0 Å². The molecule has 0 aliphatic heterocycles. The number of hydrogen-bond acceptors (Lipinski definition) is 2. The number of carbonyl (C=O) groups excluding carboxylic acids is 1. The van der Waals surface area contributed by atoms with E-state index in [0.717, 1.165) is 10.8 Å². The summed E-state index contributed by atoms with van der Waals surface area (Å²) in [4.78, 5) is 29.3. The van der Waals surface area contributed by atoms with Gasteiger partial charge in [-0.1, -0.05) is 54.6 Å². The number of rotatable bonds is 2. The minimum absolute atomic E-state index is 0. The van der Waals surface area contributed by atoms with Crippen molar-refractivity contribution in [3.63, 3.8) is 0 Å². The van der Waals surface area contributed by atoms with Gasteiger partial charge in [0, 0.05) is 22.4 Å². The molecule has 0 saturated carbocycles. The summed E-state index contributed by atoms with van der Waals surface area (Å²) in [7, 11) is 0. The fourth-order valence-electron chi connectivity index (χ4n) is 3.24. The number of nitrogens with zero attached hydrogens (tertiary/aromatic N) is 2. The molecular formula is C21H17ClN4O2. The zero-order chi connectivity index (χ0) is 19.0. The van der Waals surface area contributed by atoms with Crippen LogP contribution in [0.15, 0.2) is 82.7 Å². The zero-order valence-electron chi connectivity index (χ0n) is 14.7. The van der Waals surface area contributed by atoms with Crippen LogP contribution in [0.25, 0.3) is 27.2 Å². The Morgan fingerprint density at radius 1 is 0.821 bits per heavy atom. The summed E-state index contributed by atoms with van der Waals surface area (Å²) in [6.45, 7) is 0. The van der Waals surface area contributed by atoms with E-state index in [1.54, 1.807) is 24.3 Å². The molecule has 140 valence electrons. The van der Waals surface area contributed by atoms with Crippen LogP contribution in [-0.4, -0.2) is 16.4 Å². The molecule has 0 saturated heterocycles. The van der Waals surface area contributed by atoms with Crippen LogP contribution in [0.2, 0.25) is 0 Å². The van der Waals surface area contributed by atoms with Gasteiger partial charge in [-0.2, -0.15) is 4.99 Å². The van der Waals surface area contributed by atoms with Crippen molar-refractivity contribution in [3.05, 3.63) is 88.8 Å². The van der Waals surface area contributed by atoms with E-state index in [9.17, 15) is 9.59 Å². The van der Waals surface area contributed by atoms with Gasteiger partial charge in [0.15, 0.2) is 5.96 Å². The quantitative estimate of drug-likeness (QED) is 0.404. The number of pyridine rings is 1. The van der Waals surface area contributed by atoms with Crippen LogP contribution in [0, 0.1) is 0 Å². The maximum Gasteiger partial charge on any atom is 0.282 e. The highest BCUT2D eigenvalue weighted by molar-refractivity contribution is 6.10. The zero-order valence-corrected chi connectivity index (χ0v) is 15.5. The number of halogens is 1. The molecule has 0 aliphatic rings. The second kappa shape index (κ2) is 7.54. The summed E-state index contributed by atoms with van der Waals surface area (Å²) >= 11 is 0. The molecule has 1 amide bonds. The SMILES string of the molecule is Cl.NC(N)=NC(=O)c1cn(-c2cccc3ccccc23)c(=O)c2ccccc12. The number of guanidine groups is 1. The molecule has 28 heavy (non-hydrogen) atoms. The molecule has 4 rings (SSSR count). The maximum atomic E-state index is 13.1. The van der Waals surface area contributed by atoms with Gasteiger partial charge < -0.3 is 11.5 Å². The molecule has 3 aromatic carbocycles. The first kappa shape index (κ1) is 19.1. The minimum Gasteiger partial charge on any atom is -0.370 e. The van der Waals surface area contributed by atoms with Gasteiger partial charge in [-0.3, -0.25) is 14.2 Å². The van der Waals surface area contributed by atoms with Gasteiger partial charge in [-0.25, -0.2) is 0 Å². The second-order valence-corrected chi connectivity index (χ2v) is 6.10. The summed E-state index contributed by atoms with van der Waals surface area (Å²) in [5.41, 5.74) is 11.5. The number of aliphatic imine (C=N–C) groups is 1. The van der Waals surface area contributed by atoms with Crippen LogP contribution in [0.4, 0.5) is 0 Å². The first-order valence-corrected chi connectivity index (χ1v) is 8.33. The Labute approximate surface area is 166 Å². The number of aromatic nitrogens is 1.